The van der Waals surface area contributed by atoms with Crippen molar-refractivity contribution < 1.29 is 14.6 Å². The van der Waals surface area contributed by atoms with Gasteiger partial charge in [-0.15, -0.1) is 0 Å². The number of carbonyl (C=O) groups is 1. The van der Waals surface area contributed by atoms with Gasteiger partial charge in [0, 0.05) is 6.54 Å². The van der Waals surface area contributed by atoms with E-state index in [-0.39, 0.29) is 12.1 Å². The van der Waals surface area contributed by atoms with Crippen molar-refractivity contribution in [1.82, 2.24) is 14.9 Å². The molecule has 1 aliphatic carbocycles. The molecule has 2 aliphatic rings. The fourth-order valence-electron chi connectivity index (χ4n) is 5.01. The Morgan fingerprint density at radius 2 is 1.91 bits per heavy atom. The quantitative estimate of drug-likeness (QED) is 0.542. The second-order valence-corrected chi connectivity index (χ2v) is 10.00. The molecule has 172 valence electrons. The van der Waals surface area contributed by atoms with Crippen molar-refractivity contribution in [2.24, 2.45) is 0 Å². The fourth-order valence-corrected chi connectivity index (χ4v) is 5.01. The summed E-state index contributed by atoms with van der Waals surface area (Å²) in [6.45, 7) is 6.33. The summed E-state index contributed by atoms with van der Waals surface area (Å²) in [7, 11) is 0. The molecule has 0 spiro atoms. The summed E-state index contributed by atoms with van der Waals surface area (Å²) in [5, 5.41) is 10.7. The monoisotopic (exact) mass is 445 g/mol. The normalized spacial score (nSPS) is 21.3. The molecule has 1 saturated heterocycles. The lowest BCUT2D eigenvalue weighted by molar-refractivity contribution is 0.0219. The van der Waals surface area contributed by atoms with Crippen LogP contribution in [0.4, 0.5) is 4.79 Å². The van der Waals surface area contributed by atoms with Gasteiger partial charge >= 0.3 is 6.09 Å². The van der Waals surface area contributed by atoms with E-state index in [1.54, 1.807) is 4.90 Å². The van der Waals surface area contributed by atoms with Gasteiger partial charge < -0.3 is 14.8 Å². The molecular formula is C27H31N3O3. The first-order chi connectivity index (χ1) is 15.8. The summed E-state index contributed by atoms with van der Waals surface area (Å²) in [6, 6.07) is 16.2. The van der Waals surface area contributed by atoms with Gasteiger partial charge in [-0.1, -0.05) is 36.4 Å². The molecule has 3 aromatic rings. The first kappa shape index (κ1) is 21.7. The first-order valence-electron chi connectivity index (χ1n) is 11.8. The van der Waals surface area contributed by atoms with Crippen molar-refractivity contribution >= 4 is 28.3 Å². The number of benzene rings is 2. The Balaban J connectivity index is 1.47. The molecule has 6 heteroatoms. The van der Waals surface area contributed by atoms with Crippen LogP contribution in [0.25, 0.3) is 22.2 Å². The van der Waals surface area contributed by atoms with E-state index in [1.807, 2.05) is 45.0 Å². The number of nitrogens with zero attached hydrogens (tertiary/aromatic N) is 2. The zero-order chi connectivity index (χ0) is 23.2. The van der Waals surface area contributed by atoms with Crippen LogP contribution in [0.1, 0.15) is 69.4 Å². The van der Waals surface area contributed by atoms with E-state index in [0.29, 0.717) is 6.54 Å². The van der Waals surface area contributed by atoms with Crippen molar-refractivity contribution in [2.75, 3.05) is 6.54 Å². The number of hydrogen-bond donors (Lipinski definition) is 2. The average Bonchev–Trinajstić information content (AvgIpc) is 3.50. The number of carbonyl (C=O) groups excluding carboxylic acids is 1. The maximum Gasteiger partial charge on any atom is 0.410 e. The van der Waals surface area contributed by atoms with Gasteiger partial charge in [0.05, 0.1) is 23.2 Å². The molecule has 0 radical (unpaired) electrons. The maximum absolute atomic E-state index is 12.7. The number of hydrogen-bond acceptors (Lipinski definition) is 4. The second-order valence-electron chi connectivity index (χ2n) is 10.00. The Kier molecular flexibility index (Phi) is 5.49. The number of H-pyrrole nitrogens is 1. The minimum absolute atomic E-state index is 0.108. The first-order valence-corrected chi connectivity index (χ1v) is 11.8. The zero-order valence-corrected chi connectivity index (χ0v) is 19.5. The summed E-state index contributed by atoms with van der Waals surface area (Å²) in [5.74, 6) is 0.800. The molecule has 1 aromatic heterocycles. The molecule has 1 amide bonds. The molecule has 5 rings (SSSR count). The summed E-state index contributed by atoms with van der Waals surface area (Å²) in [6.07, 6.45) is 2.63. The summed E-state index contributed by atoms with van der Waals surface area (Å²) in [4.78, 5) is 22.8. The molecule has 0 saturated carbocycles. The Labute approximate surface area is 194 Å². The SMILES string of the molecule is CC(C)(C)OC(=O)N1CCCC1c1nc2ccc(C3=C(c4ccccc4)C(O)CC3)cc2[nH]1. The minimum atomic E-state index is -0.525. The van der Waals surface area contributed by atoms with Crippen LogP contribution in [0.5, 0.6) is 0 Å². The van der Waals surface area contributed by atoms with Crippen LogP contribution in [0.3, 0.4) is 0 Å². The highest BCUT2D eigenvalue weighted by Crippen LogP contribution is 2.41. The van der Waals surface area contributed by atoms with E-state index >= 15 is 0 Å². The van der Waals surface area contributed by atoms with Crippen molar-refractivity contribution in [1.29, 1.82) is 0 Å². The number of fused-ring (bicyclic) bond motifs is 1. The number of imidazole rings is 1. The predicted molar refractivity (Wildman–Crippen MR) is 130 cm³/mol. The molecule has 1 fully saturated rings. The molecule has 2 aromatic carbocycles. The molecule has 2 heterocycles. The summed E-state index contributed by atoms with van der Waals surface area (Å²) < 4.78 is 5.61. The highest BCUT2D eigenvalue weighted by Gasteiger charge is 2.35. The molecule has 33 heavy (non-hydrogen) atoms. The van der Waals surface area contributed by atoms with E-state index in [4.69, 9.17) is 9.72 Å². The fraction of sp³-hybridized carbons (Fsp3) is 0.407. The molecule has 6 nitrogen and oxygen atoms in total. The van der Waals surface area contributed by atoms with Gasteiger partial charge in [-0.3, -0.25) is 4.90 Å². The number of likely N-dealkylation sites (tertiary alicyclic amines) is 1. The van der Waals surface area contributed by atoms with Gasteiger partial charge in [-0.2, -0.15) is 0 Å². The number of amides is 1. The minimum Gasteiger partial charge on any atom is -0.444 e. The number of allylic oxidation sites excluding steroid dienone is 1. The van der Waals surface area contributed by atoms with E-state index in [2.05, 4.69) is 29.2 Å². The largest absolute Gasteiger partial charge is 0.444 e. The van der Waals surface area contributed by atoms with E-state index < -0.39 is 11.7 Å². The van der Waals surface area contributed by atoms with Crippen molar-refractivity contribution in [3.05, 3.63) is 65.5 Å². The number of rotatable bonds is 3. The van der Waals surface area contributed by atoms with Crippen LogP contribution in [0.15, 0.2) is 48.5 Å². The number of aliphatic hydroxyl groups is 1. The number of ether oxygens (including phenoxy) is 1. The van der Waals surface area contributed by atoms with Gasteiger partial charge in [0.15, 0.2) is 0 Å². The van der Waals surface area contributed by atoms with Gasteiger partial charge in [0.25, 0.3) is 0 Å². The number of nitrogens with one attached hydrogen (secondary N) is 1. The standard InChI is InChI=1S/C27H31N3O3/c1-27(2,3)33-26(32)30-15-7-10-22(30)25-28-20-13-11-18(16-21(20)29-25)19-12-14-23(31)24(19)17-8-5-4-6-9-17/h4-6,8-9,11,13,16,22-23,31H,7,10,12,14-15H2,1-3H3,(H,28,29). The lowest BCUT2D eigenvalue weighted by atomic mass is 9.96. The Morgan fingerprint density at radius 1 is 1.12 bits per heavy atom. The van der Waals surface area contributed by atoms with Crippen molar-refractivity contribution in [3.8, 4) is 0 Å². The van der Waals surface area contributed by atoms with E-state index in [9.17, 15) is 9.90 Å². The lowest BCUT2D eigenvalue weighted by Gasteiger charge is -2.27. The van der Waals surface area contributed by atoms with Crippen molar-refractivity contribution in [2.45, 2.75) is 64.2 Å². The number of aromatic amines is 1. The van der Waals surface area contributed by atoms with Crippen LogP contribution in [-0.2, 0) is 4.74 Å². The van der Waals surface area contributed by atoms with Gasteiger partial charge in [0.1, 0.15) is 11.4 Å². The summed E-state index contributed by atoms with van der Waals surface area (Å²) in [5.41, 5.74) is 5.67. The predicted octanol–water partition coefficient (Wildman–Crippen LogP) is 5.70. The molecule has 2 unspecified atom stereocenters. The number of aliphatic hydroxyl groups excluding tert-OH is 1. The van der Waals surface area contributed by atoms with Gasteiger partial charge in [-0.25, -0.2) is 9.78 Å². The van der Waals surface area contributed by atoms with Crippen LogP contribution >= 0.6 is 0 Å². The van der Waals surface area contributed by atoms with E-state index in [0.717, 1.165) is 59.2 Å². The maximum atomic E-state index is 12.7. The Bertz CT molecular complexity index is 1210. The topological polar surface area (TPSA) is 78.4 Å². The Hall–Kier alpha value is -3.12. The van der Waals surface area contributed by atoms with Gasteiger partial charge in [-0.05, 0) is 80.9 Å². The van der Waals surface area contributed by atoms with Crippen LogP contribution in [-0.4, -0.2) is 44.3 Å². The van der Waals surface area contributed by atoms with Crippen LogP contribution in [0.2, 0.25) is 0 Å². The summed E-state index contributed by atoms with van der Waals surface area (Å²) >= 11 is 0. The zero-order valence-electron chi connectivity index (χ0n) is 19.5. The molecule has 2 atom stereocenters. The third-order valence-corrected chi connectivity index (χ3v) is 6.46. The van der Waals surface area contributed by atoms with Crippen molar-refractivity contribution in [3.63, 3.8) is 0 Å². The highest BCUT2D eigenvalue weighted by atomic mass is 16.6. The molecule has 1 aliphatic heterocycles. The van der Waals surface area contributed by atoms with E-state index in [1.165, 1.54) is 5.57 Å². The second kappa shape index (κ2) is 8.34. The third kappa shape index (κ3) is 4.27. The lowest BCUT2D eigenvalue weighted by Crippen LogP contribution is -2.36. The van der Waals surface area contributed by atoms with Crippen LogP contribution in [0, 0.1) is 0 Å². The van der Waals surface area contributed by atoms with Crippen LogP contribution < -0.4 is 0 Å². The molecule has 0 bridgehead atoms. The molecular weight excluding hydrogens is 414 g/mol. The molecule has 2 N–H and O–H groups in total. The van der Waals surface area contributed by atoms with Gasteiger partial charge in [0.2, 0.25) is 0 Å². The average molecular weight is 446 g/mol. The third-order valence-electron chi connectivity index (χ3n) is 6.46. The highest BCUT2D eigenvalue weighted by molar-refractivity contribution is 5.96. The smallest absolute Gasteiger partial charge is 0.410 e. The Morgan fingerprint density at radius 3 is 2.67 bits per heavy atom. The number of aromatic nitrogens is 2.